The maximum absolute atomic E-state index is 11.6. The zero-order valence-corrected chi connectivity index (χ0v) is 53.6. The Morgan fingerprint density at radius 3 is 0.979 bits per heavy atom. The highest BCUT2D eigenvalue weighted by molar-refractivity contribution is 7.17. The van der Waals surface area contributed by atoms with Crippen LogP contribution in [0.15, 0.2) is 272 Å². The van der Waals surface area contributed by atoms with Gasteiger partial charge in [0, 0.05) is 104 Å². The highest BCUT2D eigenvalue weighted by Gasteiger charge is 2.22. The summed E-state index contributed by atoms with van der Waals surface area (Å²) in [6.07, 6.45) is 6.14. The predicted molar refractivity (Wildman–Crippen MR) is 387 cm³/mol. The molecule has 94 heavy (non-hydrogen) atoms. The van der Waals surface area contributed by atoms with Crippen molar-refractivity contribution >= 4 is 132 Å². The van der Waals surface area contributed by atoms with E-state index in [1.165, 1.54) is 40.9 Å². The Morgan fingerprint density at radius 1 is 0.394 bits per heavy atom. The first kappa shape index (κ1) is 62.1. The summed E-state index contributed by atoms with van der Waals surface area (Å²) >= 11 is 4.49. The number of thiophene rings is 3. The molecular formula is C80H57N7O4S3. The molecule has 3 heterocycles. The monoisotopic (exact) mass is 1280 g/mol. The average Bonchev–Trinajstić information content (AvgIpc) is 1.63. The van der Waals surface area contributed by atoms with Gasteiger partial charge in [-0.05, 0) is 254 Å². The van der Waals surface area contributed by atoms with Crippen LogP contribution in [0.25, 0.3) is 54.4 Å². The fourth-order valence-corrected chi connectivity index (χ4v) is 13.9. The maximum Gasteiger partial charge on any atom is 0.346 e. The Kier molecular flexibility index (Phi) is 18.5. The van der Waals surface area contributed by atoms with Crippen molar-refractivity contribution < 1.29 is 19.8 Å². The van der Waals surface area contributed by atoms with Gasteiger partial charge in [0.2, 0.25) is 0 Å². The van der Waals surface area contributed by atoms with E-state index >= 15 is 0 Å². The van der Waals surface area contributed by atoms with Crippen LogP contribution in [0.1, 0.15) is 31.3 Å². The third-order valence-corrected chi connectivity index (χ3v) is 18.8. The molecule has 12 aromatic rings. The van der Waals surface area contributed by atoms with Crippen molar-refractivity contribution in [1.82, 2.24) is 0 Å². The molecule has 0 aliphatic rings. The van der Waals surface area contributed by atoms with E-state index in [1.54, 1.807) is 17.4 Å². The van der Waals surface area contributed by atoms with Crippen molar-refractivity contribution in [1.29, 1.82) is 10.5 Å². The van der Waals surface area contributed by atoms with Gasteiger partial charge in [0.1, 0.15) is 11.6 Å². The zero-order valence-electron chi connectivity index (χ0n) is 51.1. The number of nitrogens with zero attached hydrogens (tertiary/aromatic N) is 7. The Morgan fingerprint density at radius 2 is 0.691 bits per heavy atom. The van der Waals surface area contributed by atoms with Gasteiger partial charge in [-0.1, -0.05) is 72.8 Å². The highest BCUT2D eigenvalue weighted by atomic mass is 32.1. The molecule has 9 aromatic carbocycles. The number of hydrogen-bond acceptors (Lipinski definition) is 11. The van der Waals surface area contributed by atoms with Crippen molar-refractivity contribution in [2.75, 3.05) is 19.6 Å². The summed E-state index contributed by atoms with van der Waals surface area (Å²) < 4.78 is 0. The van der Waals surface area contributed by atoms with E-state index in [4.69, 9.17) is 11.8 Å². The van der Waals surface area contributed by atoms with E-state index in [-0.39, 0.29) is 11.3 Å². The number of aryl methyl sites for hydroxylation is 3. The van der Waals surface area contributed by atoms with E-state index in [0.717, 1.165) is 121 Å². The van der Waals surface area contributed by atoms with Gasteiger partial charge >= 0.3 is 11.9 Å². The minimum atomic E-state index is -1.26. The van der Waals surface area contributed by atoms with E-state index in [0.29, 0.717) is 9.75 Å². The standard InChI is InChI=1S/C80H57N7O4S3/c1-53-9-5-12-69(47-53)85(60-22-16-56(17-23-60)76-43-40-72(92-76)15-8-46-81)66-34-28-63(29-35-66)84(64-30-36-67(37-31-64)86(70-13-6-10-54(2)48-70)61-24-18-57(19-25-61)77-44-41-73(93-77)50-59(52-82)79(88)89)65-32-38-68(39-33-65)87(71-14-7-11-55(3)49-71)62-26-20-58(21-27-62)78-45-42-74(94-78)51-75(83-4)80(90)91/h5-45,47-51H,1-3H3,(H,88,89)(H,90,91)/b15-8-,59-50-,75-51+. The first-order valence-electron chi connectivity index (χ1n) is 29.8. The SMILES string of the molecule is [C-]#[N+]/C(=C/c1ccc(-c2ccc(N(c3ccc(N(c4ccc(N(c5ccc(-c6ccc(/C=C\C#N)s6)cc5)c5cccc(C)c5)cc4)c4ccc(N(c5ccc(-c6ccc(/C=C(/C#N)C(=O)O)s6)cc5)c5cccc(C)c5)cc4)cc3)c3cccc(C)c3)cc2)s1)C(=O)O. The molecule has 0 saturated heterocycles. The number of carbonyl (C=O) groups is 2. The molecule has 0 spiro atoms. The second kappa shape index (κ2) is 28.0. The molecular weight excluding hydrogens is 1220 g/mol. The van der Waals surface area contributed by atoms with Crippen LogP contribution in [0, 0.1) is 50.0 Å². The van der Waals surface area contributed by atoms with Crippen LogP contribution in [0.5, 0.6) is 0 Å². The van der Waals surface area contributed by atoms with Crippen molar-refractivity contribution in [3.05, 3.63) is 315 Å². The number of carboxylic acid groups (broad SMARTS) is 2. The molecule has 0 aliphatic heterocycles. The van der Waals surface area contributed by atoms with Gasteiger partial charge in [0.15, 0.2) is 0 Å². The van der Waals surface area contributed by atoms with Crippen molar-refractivity contribution in [3.8, 4) is 43.5 Å². The van der Waals surface area contributed by atoms with E-state index < -0.39 is 11.9 Å². The van der Waals surface area contributed by atoms with Crippen LogP contribution in [-0.2, 0) is 9.59 Å². The molecule has 0 saturated carbocycles. The van der Waals surface area contributed by atoms with Crippen molar-refractivity contribution in [3.63, 3.8) is 0 Å². The summed E-state index contributed by atoms with van der Waals surface area (Å²) in [5.41, 5.74) is 17.2. The highest BCUT2D eigenvalue weighted by Crippen LogP contribution is 2.45. The summed E-state index contributed by atoms with van der Waals surface area (Å²) in [5.74, 6) is -2.52. The molecule has 0 radical (unpaired) electrons. The van der Waals surface area contributed by atoms with E-state index in [1.807, 2.05) is 36.4 Å². The van der Waals surface area contributed by atoms with Crippen LogP contribution in [-0.4, -0.2) is 22.2 Å². The molecule has 12 rings (SSSR count). The number of carboxylic acids is 2. The van der Waals surface area contributed by atoms with Crippen molar-refractivity contribution in [2.45, 2.75) is 20.8 Å². The van der Waals surface area contributed by atoms with Gasteiger partial charge in [-0.2, -0.15) is 10.5 Å². The third-order valence-electron chi connectivity index (χ3n) is 15.6. The van der Waals surface area contributed by atoms with Gasteiger partial charge in [-0.15, -0.1) is 34.0 Å². The first-order chi connectivity index (χ1) is 45.8. The molecule has 0 bridgehead atoms. The molecule has 2 N–H and O–H groups in total. The Labute approximate surface area is 557 Å². The smallest absolute Gasteiger partial charge is 0.346 e. The zero-order chi connectivity index (χ0) is 65.2. The summed E-state index contributed by atoms with van der Waals surface area (Å²) in [4.78, 5) is 40.8. The van der Waals surface area contributed by atoms with E-state index in [2.05, 4.69) is 276 Å². The topological polar surface area (TPSA) is 140 Å². The summed E-state index contributed by atoms with van der Waals surface area (Å²) in [6.45, 7) is 13.6. The average molecular weight is 1280 g/mol. The fourth-order valence-electron chi connectivity index (χ4n) is 11.1. The number of aliphatic carboxylic acids is 2. The molecule has 454 valence electrons. The second-order valence-electron chi connectivity index (χ2n) is 22.0. The molecule has 0 fully saturated rings. The lowest BCUT2D eigenvalue weighted by Crippen LogP contribution is -2.14. The largest absolute Gasteiger partial charge is 0.486 e. The van der Waals surface area contributed by atoms with Crippen molar-refractivity contribution in [2.24, 2.45) is 0 Å². The molecule has 0 aliphatic carbocycles. The van der Waals surface area contributed by atoms with Crippen LogP contribution >= 0.6 is 34.0 Å². The maximum atomic E-state index is 11.6. The number of rotatable bonds is 20. The first-order valence-corrected chi connectivity index (χ1v) is 32.3. The van der Waals surface area contributed by atoms with Gasteiger partial charge in [-0.3, -0.25) is 4.79 Å². The normalized spacial score (nSPS) is 11.4. The molecule has 0 unspecified atom stereocenters. The van der Waals surface area contributed by atoms with Crippen LogP contribution in [0.3, 0.4) is 0 Å². The van der Waals surface area contributed by atoms with E-state index in [9.17, 15) is 25.1 Å². The Balaban J connectivity index is 0.922. The summed E-state index contributed by atoms with van der Waals surface area (Å²) in [5, 5.41) is 37.5. The molecule has 0 amide bonds. The summed E-state index contributed by atoms with van der Waals surface area (Å²) in [7, 11) is 0. The number of hydrogen-bond donors (Lipinski definition) is 2. The van der Waals surface area contributed by atoms with Crippen LogP contribution in [0.4, 0.5) is 68.2 Å². The lowest BCUT2D eigenvalue weighted by Gasteiger charge is -2.30. The quantitative estimate of drug-likeness (QED) is 0.0431. The minimum Gasteiger partial charge on any atom is -0.486 e. The second-order valence-corrected chi connectivity index (χ2v) is 25.4. The van der Waals surface area contributed by atoms with Crippen LogP contribution < -0.4 is 19.6 Å². The fraction of sp³-hybridized carbons (Fsp3) is 0.0375. The van der Waals surface area contributed by atoms with Gasteiger partial charge in [0.25, 0.3) is 5.70 Å². The van der Waals surface area contributed by atoms with Gasteiger partial charge < -0.3 is 29.8 Å². The third kappa shape index (κ3) is 13.9. The number of benzene rings is 9. The lowest BCUT2D eigenvalue weighted by atomic mass is 10.1. The molecule has 11 nitrogen and oxygen atoms in total. The lowest BCUT2D eigenvalue weighted by molar-refractivity contribution is -0.133. The Hall–Kier alpha value is -12.1. The number of anilines is 12. The Bertz CT molecular complexity index is 4770. The minimum absolute atomic E-state index is 0.319. The van der Waals surface area contributed by atoms with Crippen LogP contribution in [0.2, 0.25) is 0 Å². The molecule has 14 heteroatoms. The number of allylic oxidation sites excluding steroid dienone is 1. The molecule has 3 aromatic heterocycles. The number of nitriles is 2. The summed E-state index contributed by atoms with van der Waals surface area (Å²) in [6, 6.07) is 92.0. The predicted octanol–water partition coefficient (Wildman–Crippen LogP) is 22.5. The van der Waals surface area contributed by atoms with Gasteiger partial charge in [0.05, 0.1) is 12.6 Å². The van der Waals surface area contributed by atoms with Gasteiger partial charge in [-0.25, -0.2) is 9.64 Å². The molecule has 0 atom stereocenters.